The summed E-state index contributed by atoms with van der Waals surface area (Å²) < 4.78 is 10.4. The summed E-state index contributed by atoms with van der Waals surface area (Å²) in [6, 6.07) is 2.98. The van der Waals surface area contributed by atoms with Gasteiger partial charge in [0.2, 0.25) is 6.04 Å². The Morgan fingerprint density at radius 2 is 1.94 bits per heavy atom. The highest BCUT2D eigenvalue weighted by atomic mass is 16.6. The fourth-order valence-electron chi connectivity index (χ4n) is 1.92. The Morgan fingerprint density at radius 1 is 1.29 bits per heavy atom. The van der Waals surface area contributed by atoms with Crippen LogP contribution in [-0.2, 0) is 6.42 Å². The van der Waals surface area contributed by atoms with Gasteiger partial charge in [-0.2, -0.15) is 0 Å². The molecule has 0 fully saturated rings. The zero-order valence-electron chi connectivity index (χ0n) is 9.67. The first-order chi connectivity index (χ1) is 8.15. The van der Waals surface area contributed by atoms with Crippen LogP contribution in [0.3, 0.4) is 0 Å². The van der Waals surface area contributed by atoms with Crippen molar-refractivity contribution in [2.24, 2.45) is 0 Å². The second-order valence-corrected chi connectivity index (χ2v) is 3.82. The van der Waals surface area contributed by atoms with Gasteiger partial charge in [-0.1, -0.05) is 6.08 Å². The number of nitrogens with zero attached hydrogens (tertiary/aromatic N) is 1. The number of rotatable bonds is 3. The van der Waals surface area contributed by atoms with E-state index in [0.717, 1.165) is 11.1 Å². The fraction of sp³-hybridized carbons (Fsp3) is 0.333. The highest BCUT2D eigenvalue weighted by molar-refractivity contribution is 5.62. The van der Waals surface area contributed by atoms with E-state index in [1.807, 2.05) is 6.07 Å². The van der Waals surface area contributed by atoms with Gasteiger partial charge in [0, 0.05) is 11.3 Å². The summed E-state index contributed by atoms with van der Waals surface area (Å²) in [6.45, 7) is 0. The molecule has 0 aromatic heterocycles. The van der Waals surface area contributed by atoms with Gasteiger partial charge in [0.25, 0.3) is 0 Å². The molecular formula is C12H13NO4. The van der Waals surface area contributed by atoms with Crippen LogP contribution in [0, 0.1) is 10.1 Å². The minimum Gasteiger partial charge on any atom is -0.493 e. The van der Waals surface area contributed by atoms with Crippen LogP contribution in [0.5, 0.6) is 11.5 Å². The highest BCUT2D eigenvalue weighted by Gasteiger charge is 2.23. The lowest BCUT2D eigenvalue weighted by atomic mass is 9.94. The molecule has 0 heterocycles. The second kappa shape index (κ2) is 4.45. The molecule has 0 radical (unpaired) electrons. The summed E-state index contributed by atoms with van der Waals surface area (Å²) >= 11 is 0. The maximum atomic E-state index is 10.7. The summed E-state index contributed by atoms with van der Waals surface area (Å²) in [6.07, 6.45) is 3.75. The van der Waals surface area contributed by atoms with E-state index in [4.69, 9.17) is 9.47 Å². The largest absolute Gasteiger partial charge is 0.493 e. The van der Waals surface area contributed by atoms with Gasteiger partial charge in [0.15, 0.2) is 11.5 Å². The standard InChI is InChI=1S/C12H13NO4/c1-16-11-6-8-3-4-10(13(14)15)5-9(8)7-12(11)17-2/h3-4,6-7,10H,5H2,1-2H3. The third kappa shape index (κ3) is 2.08. The molecule has 5 heteroatoms. The van der Waals surface area contributed by atoms with Crippen molar-refractivity contribution in [1.29, 1.82) is 0 Å². The Balaban J connectivity index is 2.41. The first kappa shape index (κ1) is 11.4. The number of hydrogen-bond acceptors (Lipinski definition) is 4. The molecule has 2 rings (SSSR count). The van der Waals surface area contributed by atoms with E-state index in [1.165, 1.54) is 0 Å². The highest BCUT2D eigenvalue weighted by Crippen LogP contribution is 2.33. The van der Waals surface area contributed by atoms with Crippen LogP contribution in [0.25, 0.3) is 6.08 Å². The zero-order chi connectivity index (χ0) is 12.4. The monoisotopic (exact) mass is 235 g/mol. The fourth-order valence-corrected chi connectivity index (χ4v) is 1.92. The Morgan fingerprint density at radius 3 is 2.53 bits per heavy atom. The van der Waals surface area contributed by atoms with E-state index < -0.39 is 6.04 Å². The summed E-state index contributed by atoms with van der Waals surface area (Å²) in [5.41, 5.74) is 1.85. The first-order valence-corrected chi connectivity index (χ1v) is 5.22. The summed E-state index contributed by atoms with van der Waals surface area (Å²) in [5.74, 6) is 1.24. The van der Waals surface area contributed by atoms with Gasteiger partial charge >= 0.3 is 0 Å². The Hall–Kier alpha value is -2.04. The third-order valence-electron chi connectivity index (χ3n) is 2.84. The first-order valence-electron chi connectivity index (χ1n) is 5.22. The maximum absolute atomic E-state index is 10.7. The molecule has 0 N–H and O–H groups in total. The molecule has 0 saturated heterocycles. The Kier molecular flexibility index (Phi) is 2.99. The van der Waals surface area contributed by atoms with Gasteiger partial charge in [-0.15, -0.1) is 0 Å². The van der Waals surface area contributed by atoms with Crippen molar-refractivity contribution in [3.05, 3.63) is 39.4 Å². The van der Waals surface area contributed by atoms with E-state index in [2.05, 4.69) is 0 Å². The van der Waals surface area contributed by atoms with Crippen LogP contribution in [0.15, 0.2) is 18.2 Å². The number of methoxy groups -OCH3 is 2. The lowest BCUT2D eigenvalue weighted by Crippen LogP contribution is -2.22. The lowest BCUT2D eigenvalue weighted by Gasteiger charge is -2.16. The van der Waals surface area contributed by atoms with E-state index in [9.17, 15) is 10.1 Å². The summed E-state index contributed by atoms with van der Waals surface area (Å²) in [5, 5.41) is 10.7. The molecule has 90 valence electrons. The third-order valence-corrected chi connectivity index (χ3v) is 2.84. The van der Waals surface area contributed by atoms with Gasteiger partial charge in [-0.05, 0) is 29.3 Å². The predicted octanol–water partition coefficient (Wildman–Crippen LogP) is 1.92. The summed E-state index contributed by atoms with van der Waals surface area (Å²) in [4.78, 5) is 10.5. The van der Waals surface area contributed by atoms with Crippen molar-refractivity contribution < 1.29 is 14.4 Å². The van der Waals surface area contributed by atoms with E-state index in [1.54, 1.807) is 32.4 Å². The minimum absolute atomic E-state index is 0.282. The molecule has 1 aliphatic carbocycles. The van der Waals surface area contributed by atoms with Gasteiger partial charge in [0.1, 0.15) is 0 Å². The average Bonchev–Trinajstić information content (AvgIpc) is 2.36. The maximum Gasteiger partial charge on any atom is 0.235 e. The molecule has 1 aromatic carbocycles. The molecule has 0 amide bonds. The second-order valence-electron chi connectivity index (χ2n) is 3.82. The topological polar surface area (TPSA) is 61.6 Å². The lowest BCUT2D eigenvalue weighted by molar-refractivity contribution is -0.508. The molecule has 0 saturated carbocycles. The van der Waals surface area contributed by atoms with Gasteiger partial charge in [-0.3, -0.25) is 10.1 Å². The van der Waals surface area contributed by atoms with Crippen molar-refractivity contribution in [1.82, 2.24) is 0 Å². The Labute approximate surface area is 98.8 Å². The molecule has 1 unspecified atom stereocenters. The summed E-state index contributed by atoms with van der Waals surface area (Å²) in [7, 11) is 3.12. The van der Waals surface area contributed by atoms with Crippen LogP contribution < -0.4 is 9.47 Å². The van der Waals surface area contributed by atoms with Crippen molar-refractivity contribution in [2.45, 2.75) is 12.5 Å². The predicted molar refractivity (Wildman–Crippen MR) is 63.1 cm³/mol. The van der Waals surface area contributed by atoms with Gasteiger partial charge < -0.3 is 9.47 Å². The van der Waals surface area contributed by atoms with Crippen LogP contribution in [0.1, 0.15) is 11.1 Å². The zero-order valence-corrected chi connectivity index (χ0v) is 9.67. The smallest absolute Gasteiger partial charge is 0.235 e. The van der Waals surface area contributed by atoms with Crippen molar-refractivity contribution >= 4 is 6.08 Å². The molecule has 0 aliphatic heterocycles. The van der Waals surface area contributed by atoms with Crippen molar-refractivity contribution in [2.75, 3.05) is 14.2 Å². The molecule has 1 atom stereocenters. The average molecular weight is 235 g/mol. The van der Waals surface area contributed by atoms with Gasteiger partial charge in [-0.25, -0.2) is 0 Å². The molecular weight excluding hydrogens is 222 g/mol. The number of ether oxygens (including phenoxy) is 2. The van der Waals surface area contributed by atoms with E-state index >= 15 is 0 Å². The van der Waals surface area contributed by atoms with Crippen LogP contribution in [0.2, 0.25) is 0 Å². The van der Waals surface area contributed by atoms with Crippen molar-refractivity contribution in [3.8, 4) is 11.5 Å². The number of nitro groups is 1. The molecule has 0 bridgehead atoms. The van der Waals surface area contributed by atoms with Crippen LogP contribution in [0.4, 0.5) is 0 Å². The Bertz CT molecular complexity index is 482. The van der Waals surface area contributed by atoms with Crippen LogP contribution >= 0.6 is 0 Å². The number of benzene rings is 1. The molecule has 0 spiro atoms. The molecule has 1 aliphatic rings. The van der Waals surface area contributed by atoms with E-state index in [0.29, 0.717) is 17.9 Å². The minimum atomic E-state index is -0.652. The van der Waals surface area contributed by atoms with Crippen LogP contribution in [-0.4, -0.2) is 25.2 Å². The molecule has 5 nitrogen and oxygen atoms in total. The van der Waals surface area contributed by atoms with E-state index in [-0.39, 0.29) is 4.92 Å². The quantitative estimate of drug-likeness (QED) is 0.593. The van der Waals surface area contributed by atoms with Crippen molar-refractivity contribution in [3.63, 3.8) is 0 Å². The SMILES string of the molecule is COc1cc2c(cc1OC)CC([N+](=O)[O-])C=C2. The molecule has 17 heavy (non-hydrogen) atoms. The number of fused-ring (bicyclic) bond motifs is 1. The normalized spacial score (nSPS) is 17.4. The number of hydrogen-bond donors (Lipinski definition) is 0. The van der Waals surface area contributed by atoms with Gasteiger partial charge in [0.05, 0.1) is 14.2 Å². The molecule has 1 aromatic rings.